The second-order valence-corrected chi connectivity index (χ2v) is 6.17. The normalized spacial score (nSPS) is 24.2. The molecule has 0 aliphatic carbocycles. The number of halogens is 2. The first-order valence-electron chi connectivity index (χ1n) is 6.39. The van der Waals surface area contributed by atoms with Gasteiger partial charge in [0.1, 0.15) is 0 Å². The van der Waals surface area contributed by atoms with Crippen molar-refractivity contribution in [3.63, 3.8) is 0 Å². The molecule has 5 heteroatoms. The van der Waals surface area contributed by atoms with Gasteiger partial charge in [0.05, 0.1) is 21.5 Å². The first kappa shape index (κ1) is 14.6. The molecule has 2 atom stereocenters. The second-order valence-electron chi connectivity index (χ2n) is 5.36. The Morgan fingerprint density at radius 1 is 1.42 bits per heavy atom. The van der Waals surface area contributed by atoms with Crippen LogP contribution in [0.4, 0.5) is 0 Å². The van der Waals surface area contributed by atoms with Gasteiger partial charge in [0.25, 0.3) is 0 Å². The summed E-state index contributed by atoms with van der Waals surface area (Å²) < 4.78 is 0. The summed E-state index contributed by atoms with van der Waals surface area (Å²) in [6.07, 6.45) is 0.868. The van der Waals surface area contributed by atoms with Crippen LogP contribution in [-0.2, 0) is 4.79 Å². The van der Waals surface area contributed by atoms with Crippen LogP contribution in [0.5, 0.6) is 0 Å². The maximum Gasteiger partial charge on any atom is 0.227 e. The van der Waals surface area contributed by atoms with Crippen molar-refractivity contribution in [2.75, 3.05) is 13.1 Å². The van der Waals surface area contributed by atoms with Crippen LogP contribution in [0.1, 0.15) is 31.9 Å². The highest BCUT2D eigenvalue weighted by Crippen LogP contribution is 2.28. The third-order valence-electron chi connectivity index (χ3n) is 3.71. The molecule has 2 N–H and O–H groups in total. The Kier molecular flexibility index (Phi) is 4.39. The van der Waals surface area contributed by atoms with E-state index in [1.807, 2.05) is 19.9 Å². The Morgan fingerprint density at radius 2 is 2.16 bits per heavy atom. The van der Waals surface area contributed by atoms with Crippen molar-refractivity contribution in [2.45, 2.75) is 26.3 Å². The third kappa shape index (κ3) is 3.22. The van der Waals surface area contributed by atoms with E-state index in [1.165, 1.54) is 0 Å². The molecule has 1 fully saturated rings. The van der Waals surface area contributed by atoms with Crippen LogP contribution in [0.3, 0.4) is 0 Å². The van der Waals surface area contributed by atoms with Gasteiger partial charge in [-0.05, 0) is 44.5 Å². The number of hydrogen-bond acceptors (Lipinski definition) is 2. The maximum absolute atomic E-state index is 12.3. The minimum atomic E-state index is -0.315. The van der Waals surface area contributed by atoms with E-state index >= 15 is 0 Å². The molecule has 1 heterocycles. The number of carbonyl (C=O) groups is 1. The van der Waals surface area contributed by atoms with Gasteiger partial charge in [-0.2, -0.15) is 0 Å². The molecule has 1 amide bonds. The molecule has 0 radical (unpaired) electrons. The molecule has 2 unspecified atom stereocenters. The Balaban J connectivity index is 2.06. The van der Waals surface area contributed by atoms with Crippen LogP contribution in [-0.4, -0.2) is 19.0 Å². The Bertz CT molecular complexity index is 484. The van der Waals surface area contributed by atoms with Crippen LogP contribution in [0.25, 0.3) is 0 Å². The SMILES string of the molecule is CC(NC(=O)C1(C)CCNC1)c1ccc(Cl)c(Cl)c1. The number of hydrogen-bond donors (Lipinski definition) is 2. The van der Waals surface area contributed by atoms with Gasteiger partial charge in [0.15, 0.2) is 0 Å². The average Bonchev–Trinajstić information content (AvgIpc) is 2.81. The Morgan fingerprint density at radius 3 is 2.74 bits per heavy atom. The first-order valence-corrected chi connectivity index (χ1v) is 7.14. The highest BCUT2D eigenvalue weighted by atomic mass is 35.5. The van der Waals surface area contributed by atoms with Gasteiger partial charge in [0.2, 0.25) is 5.91 Å². The van der Waals surface area contributed by atoms with E-state index in [-0.39, 0.29) is 17.4 Å². The largest absolute Gasteiger partial charge is 0.349 e. The topological polar surface area (TPSA) is 41.1 Å². The van der Waals surface area contributed by atoms with Gasteiger partial charge >= 0.3 is 0 Å². The molecule has 1 aromatic carbocycles. The molecule has 1 aliphatic heterocycles. The zero-order valence-electron chi connectivity index (χ0n) is 11.1. The predicted octanol–water partition coefficient (Wildman–Crippen LogP) is 3.17. The average molecular weight is 301 g/mol. The molecule has 0 spiro atoms. The van der Waals surface area contributed by atoms with Crippen molar-refractivity contribution in [2.24, 2.45) is 5.41 Å². The molecule has 1 aromatic rings. The van der Waals surface area contributed by atoms with Crippen molar-refractivity contribution in [1.29, 1.82) is 0 Å². The van der Waals surface area contributed by atoms with Gasteiger partial charge in [-0.25, -0.2) is 0 Å². The molecule has 3 nitrogen and oxygen atoms in total. The van der Waals surface area contributed by atoms with Gasteiger partial charge in [-0.1, -0.05) is 29.3 Å². The van der Waals surface area contributed by atoms with Gasteiger partial charge in [-0.15, -0.1) is 0 Å². The van der Waals surface area contributed by atoms with Crippen LogP contribution in [0.15, 0.2) is 18.2 Å². The number of amides is 1. The zero-order chi connectivity index (χ0) is 14.0. The fourth-order valence-corrected chi connectivity index (χ4v) is 2.55. The fraction of sp³-hybridized carbons (Fsp3) is 0.500. The smallest absolute Gasteiger partial charge is 0.227 e. The Hall–Kier alpha value is -0.770. The molecule has 0 saturated carbocycles. The maximum atomic E-state index is 12.3. The van der Waals surface area contributed by atoms with E-state index in [0.29, 0.717) is 10.0 Å². The quantitative estimate of drug-likeness (QED) is 0.900. The lowest BCUT2D eigenvalue weighted by Crippen LogP contribution is -2.41. The summed E-state index contributed by atoms with van der Waals surface area (Å²) in [4.78, 5) is 12.3. The molecule has 0 bridgehead atoms. The molecule has 19 heavy (non-hydrogen) atoms. The first-order chi connectivity index (χ1) is 8.92. The lowest BCUT2D eigenvalue weighted by atomic mass is 9.88. The van der Waals surface area contributed by atoms with Crippen molar-refractivity contribution in [1.82, 2.24) is 10.6 Å². The van der Waals surface area contributed by atoms with Crippen molar-refractivity contribution >= 4 is 29.1 Å². The monoisotopic (exact) mass is 300 g/mol. The highest BCUT2D eigenvalue weighted by molar-refractivity contribution is 6.42. The molecule has 0 aromatic heterocycles. The van der Waals surface area contributed by atoms with E-state index in [4.69, 9.17) is 23.2 Å². The molecule has 104 valence electrons. The lowest BCUT2D eigenvalue weighted by Gasteiger charge is -2.24. The van der Waals surface area contributed by atoms with Gasteiger partial charge in [0, 0.05) is 6.54 Å². The molecule has 2 rings (SSSR count). The predicted molar refractivity (Wildman–Crippen MR) is 78.6 cm³/mol. The van der Waals surface area contributed by atoms with E-state index in [2.05, 4.69) is 10.6 Å². The van der Waals surface area contributed by atoms with Crippen molar-refractivity contribution in [3.05, 3.63) is 33.8 Å². The molecular formula is C14H18Cl2N2O. The van der Waals surface area contributed by atoms with Gasteiger partial charge < -0.3 is 10.6 Å². The highest BCUT2D eigenvalue weighted by Gasteiger charge is 2.36. The van der Waals surface area contributed by atoms with Gasteiger partial charge in [-0.3, -0.25) is 4.79 Å². The van der Waals surface area contributed by atoms with E-state index in [9.17, 15) is 4.79 Å². The standard InChI is InChI=1S/C14H18Cl2N2O/c1-9(10-3-4-11(15)12(16)7-10)18-13(19)14(2)5-6-17-8-14/h3-4,7,9,17H,5-6,8H2,1-2H3,(H,18,19). The second kappa shape index (κ2) is 5.70. The lowest BCUT2D eigenvalue weighted by molar-refractivity contribution is -0.129. The summed E-state index contributed by atoms with van der Waals surface area (Å²) in [5.41, 5.74) is 0.641. The number of benzene rings is 1. The summed E-state index contributed by atoms with van der Waals surface area (Å²) >= 11 is 11.9. The van der Waals surface area contributed by atoms with Crippen LogP contribution in [0.2, 0.25) is 10.0 Å². The summed E-state index contributed by atoms with van der Waals surface area (Å²) in [5.74, 6) is 0.0797. The molecular weight excluding hydrogens is 283 g/mol. The van der Waals surface area contributed by atoms with Crippen LogP contribution >= 0.6 is 23.2 Å². The summed E-state index contributed by atoms with van der Waals surface area (Å²) in [6.45, 7) is 5.56. The van der Waals surface area contributed by atoms with Crippen LogP contribution < -0.4 is 10.6 Å². The molecule has 1 aliphatic rings. The number of carbonyl (C=O) groups excluding carboxylic acids is 1. The Labute approximate surface area is 123 Å². The van der Waals surface area contributed by atoms with Crippen LogP contribution in [0, 0.1) is 5.41 Å². The fourth-order valence-electron chi connectivity index (χ4n) is 2.25. The van der Waals surface area contributed by atoms with E-state index in [1.54, 1.807) is 12.1 Å². The summed E-state index contributed by atoms with van der Waals surface area (Å²) in [7, 11) is 0. The third-order valence-corrected chi connectivity index (χ3v) is 4.45. The van der Waals surface area contributed by atoms with E-state index < -0.39 is 0 Å². The minimum absolute atomic E-state index is 0.0797. The summed E-state index contributed by atoms with van der Waals surface area (Å²) in [6, 6.07) is 5.35. The number of nitrogens with one attached hydrogen (secondary N) is 2. The zero-order valence-corrected chi connectivity index (χ0v) is 12.6. The van der Waals surface area contributed by atoms with Crippen molar-refractivity contribution < 1.29 is 4.79 Å². The van der Waals surface area contributed by atoms with Crippen molar-refractivity contribution in [3.8, 4) is 0 Å². The number of rotatable bonds is 3. The van der Waals surface area contributed by atoms with E-state index in [0.717, 1.165) is 25.1 Å². The summed E-state index contributed by atoms with van der Waals surface area (Å²) in [5, 5.41) is 7.30. The molecule has 1 saturated heterocycles. The minimum Gasteiger partial charge on any atom is -0.349 e.